The second-order valence-electron chi connectivity index (χ2n) is 2.83. The molecule has 7 heteroatoms. The summed E-state index contributed by atoms with van der Waals surface area (Å²) in [6, 6.07) is 1.21. The number of anilines is 1. The van der Waals surface area contributed by atoms with Gasteiger partial charge in [0.15, 0.2) is 0 Å². The Balaban J connectivity index is 3.14. The van der Waals surface area contributed by atoms with Gasteiger partial charge in [-0.2, -0.15) is 0 Å². The fourth-order valence-corrected chi connectivity index (χ4v) is 1.23. The molecule has 6 nitrogen and oxygen atoms in total. The van der Waals surface area contributed by atoms with Crippen molar-refractivity contribution in [3.63, 3.8) is 0 Å². The number of nitro groups is 1. The zero-order chi connectivity index (χ0) is 12.1. The van der Waals surface area contributed by atoms with E-state index in [9.17, 15) is 14.9 Å². The molecule has 1 heterocycles. The predicted octanol–water partition coefficient (Wildman–Crippen LogP) is 1.83. The minimum absolute atomic E-state index is 0.0604. The van der Waals surface area contributed by atoms with E-state index in [4.69, 9.17) is 17.3 Å². The Labute approximate surface area is 95.9 Å². The summed E-state index contributed by atoms with van der Waals surface area (Å²) < 4.78 is 0. The van der Waals surface area contributed by atoms with E-state index >= 15 is 0 Å². The van der Waals surface area contributed by atoms with E-state index in [0.717, 1.165) is 0 Å². The highest BCUT2D eigenvalue weighted by Crippen LogP contribution is 2.26. The van der Waals surface area contributed by atoms with Gasteiger partial charge in [0.1, 0.15) is 11.4 Å². The largest absolute Gasteiger partial charge is 0.378 e. The summed E-state index contributed by atoms with van der Waals surface area (Å²) in [5.41, 5.74) is 5.37. The van der Waals surface area contributed by atoms with Crippen LogP contribution in [-0.2, 0) is 4.79 Å². The van der Waals surface area contributed by atoms with Crippen molar-refractivity contribution < 1.29 is 9.72 Å². The quantitative estimate of drug-likeness (QED) is 0.375. The molecular weight excluding hydrogens is 234 g/mol. The van der Waals surface area contributed by atoms with Gasteiger partial charge in [0.2, 0.25) is 5.82 Å². The molecule has 1 rings (SSSR count). The molecule has 0 atom stereocenters. The second-order valence-corrected chi connectivity index (χ2v) is 3.19. The van der Waals surface area contributed by atoms with Crippen molar-refractivity contribution in [2.75, 3.05) is 5.73 Å². The first kappa shape index (κ1) is 12.1. The third-order valence-corrected chi connectivity index (χ3v) is 2.04. The number of nitrogens with zero attached hydrogens (tertiary/aromatic N) is 2. The standard InChI is InChI=1S/C9H8ClN3O3/c10-8-6(3-1-2-4-14)5-7(13(15)16)9(11)12-8/h1,3-5H,2H2,(H2,11,12). The van der Waals surface area contributed by atoms with Crippen LogP contribution >= 0.6 is 11.6 Å². The highest BCUT2D eigenvalue weighted by molar-refractivity contribution is 6.31. The first-order chi connectivity index (χ1) is 7.56. The summed E-state index contributed by atoms with van der Waals surface area (Å²) >= 11 is 5.73. The number of hydrogen-bond donors (Lipinski definition) is 1. The van der Waals surface area contributed by atoms with Crippen LogP contribution in [0.2, 0.25) is 5.15 Å². The fraction of sp³-hybridized carbons (Fsp3) is 0.111. The maximum Gasteiger partial charge on any atom is 0.311 e. The zero-order valence-corrected chi connectivity index (χ0v) is 8.85. The second kappa shape index (κ2) is 5.22. The average molecular weight is 242 g/mol. The van der Waals surface area contributed by atoms with Gasteiger partial charge < -0.3 is 10.5 Å². The lowest BCUT2D eigenvalue weighted by atomic mass is 10.2. The number of halogens is 1. The van der Waals surface area contributed by atoms with Crippen LogP contribution < -0.4 is 5.73 Å². The summed E-state index contributed by atoms with van der Waals surface area (Å²) in [5, 5.41) is 10.6. The summed E-state index contributed by atoms with van der Waals surface area (Å²) in [4.78, 5) is 23.7. The van der Waals surface area contributed by atoms with Crippen LogP contribution in [0.15, 0.2) is 12.1 Å². The van der Waals surface area contributed by atoms with Crippen molar-refractivity contribution >= 4 is 35.5 Å². The van der Waals surface area contributed by atoms with Crippen LogP contribution in [-0.4, -0.2) is 16.2 Å². The van der Waals surface area contributed by atoms with Crippen molar-refractivity contribution in [2.24, 2.45) is 0 Å². The van der Waals surface area contributed by atoms with Crippen LogP contribution in [0.25, 0.3) is 6.08 Å². The van der Waals surface area contributed by atoms with Gasteiger partial charge in [0, 0.05) is 18.1 Å². The molecule has 0 aromatic carbocycles. The Bertz CT molecular complexity index is 460. The number of carbonyl (C=O) groups excluding carboxylic acids is 1. The van der Waals surface area contributed by atoms with Gasteiger partial charge in [-0.3, -0.25) is 10.1 Å². The van der Waals surface area contributed by atoms with Crippen LogP contribution in [0.1, 0.15) is 12.0 Å². The third-order valence-electron chi connectivity index (χ3n) is 1.74. The van der Waals surface area contributed by atoms with E-state index in [1.165, 1.54) is 18.2 Å². The number of hydrogen-bond acceptors (Lipinski definition) is 5. The number of allylic oxidation sites excluding steroid dienone is 1. The molecule has 1 aromatic rings. The number of rotatable bonds is 4. The Kier molecular flexibility index (Phi) is 3.96. The topological polar surface area (TPSA) is 99.1 Å². The minimum Gasteiger partial charge on any atom is -0.378 e. The molecular formula is C9H8ClN3O3. The summed E-state index contributed by atoms with van der Waals surface area (Å²) in [5.74, 6) is -0.234. The number of aromatic nitrogens is 1. The highest BCUT2D eigenvalue weighted by atomic mass is 35.5. The number of carbonyl (C=O) groups is 1. The lowest BCUT2D eigenvalue weighted by Gasteiger charge is -2.00. The summed E-state index contributed by atoms with van der Waals surface area (Å²) in [7, 11) is 0. The summed E-state index contributed by atoms with van der Waals surface area (Å²) in [6.45, 7) is 0. The van der Waals surface area contributed by atoms with Crippen molar-refractivity contribution in [1.29, 1.82) is 0 Å². The van der Waals surface area contributed by atoms with Gasteiger partial charge in [-0.05, 0) is 0 Å². The molecule has 0 aliphatic rings. The van der Waals surface area contributed by atoms with Crippen molar-refractivity contribution in [3.05, 3.63) is 33.0 Å². The predicted molar refractivity (Wildman–Crippen MR) is 60.0 cm³/mol. The van der Waals surface area contributed by atoms with Crippen LogP contribution in [0, 0.1) is 10.1 Å². The van der Waals surface area contributed by atoms with Gasteiger partial charge in [-0.15, -0.1) is 0 Å². The molecule has 0 unspecified atom stereocenters. The molecule has 84 valence electrons. The van der Waals surface area contributed by atoms with Crippen LogP contribution in [0.3, 0.4) is 0 Å². The molecule has 0 amide bonds. The maximum absolute atomic E-state index is 10.6. The molecule has 0 fully saturated rings. The molecule has 2 N–H and O–H groups in total. The van der Waals surface area contributed by atoms with E-state index in [1.807, 2.05) is 0 Å². The number of pyridine rings is 1. The third kappa shape index (κ3) is 2.77. The fourth-order valence-electron chi connectivity index (χ4n) is 1.02. The molecule has 0 aliphatic heterocycles. The van der Waals surface area contributed by atoms with Crippen molar-refractivity contribution in [2.45, 2.75) is 6.42 Å². The molecule has 0 radical (unpaired) electrons. The Morgan fingerprint density at radius 3 is 2.88 bits per heavy atom. The number of nitrogen functional groups attached to an aromatic ring is 1. The molecule has 0 aliphatic carbocycles. The van der Waals surface area contributed by atoms with E-state index < -0.39 is 4.92 Å². The Morgan fingerprint density at radius 2 is 2.31 bits per heavy atom. The molecule has 0 bridgehead atoms. The van der Waals surface area contributed by atoms with E-state index in [2.05, 4.69) is 4.98 Å². The minimum atomic E-state index is -0.643. The van der Waals surface area contributed by atoms with E-state index in [-0.39, 0.29) is 23.1 Å². The first-order valence-electron chi connectivity index (χ1n) is 4.27. The Morgan fingerprint density at radius 1 is 1.62 bits per heavy atom. The molecule has 16 heavy (non-hydrogen) atoms. The zero-order valence-electron chi connectivity index (χ0n) is 8.09. The van der Waals surface area contributed by atoms with Gasteiger partial charge in [-0.25, -0.2) is 4.98 Å². The lowest BCUT2D eigenvalue weighted by Crippen LogP contribution is -1.99. The van der Waals surface area contributed by atoms with Crippen LogP contribution in [0.4, 0.5) is 11.5 Å². The van der Waals surface area contributed by atoms with E-state index in [1.54, 1.807) is 0 Å². The number of aldehydes is 1. The average Bonchev–Trinajstić information content (AvgIpc) is 2.21. The highest BCUT2D eigenvalue weighted by Gasteiger charge is 2.15. The summed E-state index contributed by atoms with van der Waals surface area (Å²) in [6.07, 6.45) is 3.91. The van der Waals surface area contributed by atoms with Gasteiger partial charge >= 0.3 is 5.69 Å². The number of nitrogens with two attached hydrogens (primary N) is 1. The normalized spacial score (nSPS) is 10.6. The van der Waals surface area contributed by atoms with Gasteiger partial charge in [-0.1, -0.05) is 23.8 Å². The smallest absolute Gasteiger partial charge is 0.311 e. The van der Waals surface area contributed by atoms with Crippen molar-refractivity contribution in [1.82, 2.24) is 4.98 Å². The van der Waals surface area contributed by atoms with Crippen LogP contribution in [0.5, 0.6) is 0 Å². The SMILES string of the molecule is Nc1nc(Cl)c(C=CCC=O)cc1[N+](=O)[O-]. The lowest BCUT2D eigenvalue weighted by molar-refractivity contribution is -0.384. The molecule has 0 spiro atoms. The molecule has 0 saturated carbocycles. The van der Waals surface area contributed by atoms with Crippen molar-refractivity contribution in [3.8, 4) is 0 Å². The molecule has 1 aromatic heterocycles. The first-order valence-corrected chi connectivity index (χ1v) is 4.64. The van der Waals surface area contributed by atoms with Gasteiger partial charge in [0.25, 0.3) is 0 Å². The van der Waals surface area contributed by atoms with Gasteiger partial charge in [0.05, 0.1) is 4.92 Å². The Hall–Kier alpha value is -1.95. The molecule has 0 saturated heterocycles. The van der Waals surface area contributed by atoms with E-state index in [0.29, 0.717) is 11.8 Å². The maximum atomic E-state index is 10.6. The monoisotopic (exact) mass is 241 g/mol.